The van der Waals surface area contributed by atoms with Gasteiger partial charge >= 0.3 is 0 Å². The summed E-state index contributed by atoms with van der Waals surface area (Å²) in [5, 5.41) is 3.69. The normalized spacial score (nSPS) is 19.1. The number of hydrogen-bond donors (Lipinski definition) is 1. The van der Waals surface area contributed by atoms with Crippen molar-refractivity contribution >= 4 is 11.8 Å². The molecule has 2 nitrogen and oxygen atoms in total. The third kappa shape index (κ3) is 6.12. The predicted molar refractivity (Wildman–Crippen MR) is 75.4 cm³/mol. The van der Waals surface area contributed by atoms with E-state index < -0.39 is 0 Å². The van der Waals surface area contributed by atoms with Gasteiger partial charge in [-0.25, -0.2) is 0 Å². The summed E-state index contributed by atoms with van der Waals surface area (Å²) in [4.78, 5) is 2.63. The summed E-state index contributed by atoms with van der Waals surface area (Å²) >= 11 is 1.95. The summed E-state index contributed by atoms with van der Waals surface area (Å²) in [6, 6.07) is 0.791. The Bertz CT molecular complexity index is 156. The first kappa shape index (κ1) is 14.3. The zero-order chi connectivity index (χ0) is 11.6. The van der Waals surface area contributed by atoms with E-state index >= 15 is 0 Å². The molecular formula is C13H28N2S. The fraction of sp³-hybridized carbons (Fsp3) is 1.00. The van der Waals surface area contributed by atoms with E-state index in [1.807, 2.05) is 11.8 Å². The third-order valence-corrected chi connectivity index (χ3v) is 4.07. The van der Waals surface area contributed by atoms with E-state index in [2.05, 4.69) is 23.4 Å². The second-order valence-electron chi connectivity index (χ2n) is 4.77. The van der Waals surface area contributed by atoms with Crippen LogP contribution in [0.2, 0.25) is 0 Å². The lowest BCUT2D eigenvalue weighted by atomic mass is 10.0. The van der Waals surface area contributed by atoms with Gasteiger partial charge in [0.1, 0.15) is 0 Å². The van der Waals surface area contributed by atoms with Crippen LogP contribution >= 0.6 is 11.8 Å². The first-order valence-corrected chi connectivity index (χ1v) is 8.21. The van der Waals surface area contributed by atoms with Crippen LogP contribution in [-0.2, 0) is 0 Å². The maximum atomic E-state index is 3.69. The van der Waals surface area contributed by atoms with Gasteiger partial charge in [-0.3, -0.25) is 0 Å². The Morgan fingerprint density at radius 1 is 1.25 bits per heavy atom. The molecule has 1 saturated heterocycles. The van der Waals surface area contributed by atoms with Gasteiger partial charge in [0.2, 0.25) is 0 Å². The molecule has 1 fully saturated rings. The van der Waals surface area contributed by atoms with Gasteiger partial charge in [0.15, 0.2) is 0 Å². The molecule has 0 atom stereocenters. The van der Waals surface area contributed by atoms with Crippen molar-refractivity contribution < 1.29 is 0 Å². The first-order valence-electron chi connectivity index (χ1n) is 6.81. The number of piperidine rings is 1. The van der Waals surface area contributed by atoms with E-state index in [-0.39, 0.29) is 0 Å². The summed E-state index contributed by atoms with van der Waals surface area (Å²) in [5.74, 6) is 1.29. The second-order valence-corrected chi connectivity index (χ2v) is 5.76. The minimum atomic E-state index is 0.791. The molecule has 1 N–H and O–H groups in total. The van der Waals surface area contributed by atoms with Gasteiger partial charge < -0.3 is 10.2 Å². The molecule has 0 unspecified atom stereocenters. The summed E-state index contributed by atoms with van der Waals surface area (Å²) in [6.45, 7) is 7.41. The lowest BCUT2D eigenvalue weighted by Crippen LogP contribution is -2.43. The van der Waals surface area contributed by atoms with Crippen molar-refractivity contribution in [1.29, 1.82) is 0 Å². The van der Waals surface area contributed by atoms with E-state index in [1.54, 1.807) is 0 Å². The maximum Gasteiger partial charge on any atom is 0.00914 e. The summed E-state index contributed by atoms with van der Waals surface area (Å²) in [7, 11) is 0. The minimum Gasteiger partial charge on any atom is -0.314 e. The molecule has 0 aromatic rings. The highest BCUT2D eigenvalue weighted by molar-refractivity contribution is 7.98. The monoisotopic (exact) mass is 244 g/mol. The molecule has 0 spiro atoms. The quantitative estimate of drug-likeness (QED) is 0.661. The highest BCUT2D eigenvalue weighted by atomic mass is 32.2. The summed E-state index contributed by atoms with van der Waals surface area (Å²) < 4.78 is 0. The molecule has 1 heterocycles. The van der Waals surface area contributed by atoms with Crippen LogP contribution in [0.3, 0.4) is 0 Å². The van der Waals surface area contributed by atoms with Crippen molar-refractivity contribution in [3.05, 3.63) is 0 Å². The van der Waals surface area contributed by atoms with Crippen LogP contribution in [0, 0.1) is 0 Å². The standard InChI is InChI=1S/C13H28N2S/c1-3-4-9-15-10-6-13(7-11-15)14-8-5-12-16-2/h13-14H,3-12H2,1-2H3. The molecule has 0 aliphatic carbocycles. The fourth-order valence-corrected chi connectivity index (χ4v) is 2.70. The van der Waals surface area contributed by atoms with Gasteiger partial charge in [-0.2, -0.15) is 11.8 Å². The van der Waals surface area contributed by atoms with E-state index in [1.165, 1.54) is 64.0 Å². The van der Waals surface area contributed by atoms with Crippen molar-refractivity contribution in [1.82, 2.24) is 10.2 Å². The van der Waals surface area contributed by atoms with E-state index in [4.69, 9.17) is 0 Å². The predicted octanol–water partition coefficient (Wildman–Crippen LogP) is 2.59. The Morgan fingerprint density at radius 2 is 2.00 bits per heavy atom. The van der Waals surface area contributed by atoms with Crippen LogP contribution in [0.25, 0.3) is 0 Å². The Kier molecular flexibility index (Phi) is 8.34. The highest BCUT2D eigenvalue weighted by Crippen LogP contribution is 2.11. The zero-order valence-corrected chi connectivity index (χ0v) is 11.8. The minimum absolute atomic E-state index is 0.791. The molecule has 1 rings (SSSR count). The number of unbranched alkanes of at least 4 members (excludes halogenated alkanes) is 1. The number of nitrogens with one attached hydrogen (secondary N) is 1. The molecule has 0 amide bonds. The van der Waals surface area contributed by atoms with Crippen LogP contribution in [0.5, 0.6) is 0 Å². The molecule has 0 bridgehead atoms. The molecule has 16 heavy (non-hydrogen) atoms. The zero-order valence-electron chi connectivity index (χ0n) is 11.0. The van der Waals surface area contributed by atoms with E-state index in [0.717, 1.165) is 6.04 Å². The number of rotatable bonds is 8. The number of thioether (sulfide) groups is 1. The van der Waals surface area contributed by atoms with Crippen molar-refractivity contribution in [3.8, 4) is 0 Å². The van der Waals surface area contributed by atoms with Gasteiger partial charge in [0.05, 0.1) is 0 Å². The Labute approximate surface area is 106 Å². The largest absolute Gasteiger partial charge is 0.314 e. The van der Waals surface area contributed by atoms with Crippen LogP contribution in [0.15, 0.2) is 0 Å². The Hall–Kier alpha value is 0.270. The van der Waals surface area contributed by atoms with Crippen LogP contribution < -0.4 is 5.32 Å². The average molecular weight is 244 g/mol. The van der Waals surface area contributed by atoms with Crippen LogP contribution in [0.4, 0.5) is 0 Å². The highest BCUT2D eigenvalue weighted by Gasteiger charge is 2.17. The number of likely N-dealkylation sites (tertiary alicyclic amines) is 1. The van der Waals surface area contributed by atoms with Gasteiger partial charge in [0.25, 0.3) is 0 Å². The summed E-state index contributed by atoms with van der Waals surface area (Å²) in [6.07, 6.45) is 8.90. The molecule has 0 saturated carbocycles. The first-order chi connectivity index (χ1) is 7.86. The topological polar surface area (TPSA) is 15.3 Å². The number of nitrogens with zero attached hydrogens (tertiary/aromatic N) is 1. The van der Waals surface area contributed by atoms with Crippen molar-refractivity contribution in [3.63, 3.8) is 0 Å². The van der Waals surface area contributed by atoms with Gasteiger partial charge in [-0.05, 0) is 63.9 Å². The summed E-state index contributed by atoms with van der Waals surface area (Å²) in [5.41, 5.74) is 0. The average Bonchev–Trinajstić information content (AvgIpc) is 2.33. The van der Waals surface area contributed by atoms with Gasteiger partial charge in [-0.15, -0.1) is 0 Å². The van der Waals surface area contributed by atoms with Crippen LogP contribution in [0.1, 0.15) is 39.0 Å². The molecule has 96 valence electrons. The molecule has 0 aromatic heterocycles. The molecule has 0 aromatic carbocycles. The fourth-order valence-electron chi connectivity index (χ4n) is 2.27. The van der Waals surface area contributed by atoms with E-state index in [9.17, 15) is 0 Å². The molecule has 1 aliphatic rings. The molecule has 1 aliphatic heterocycles. The lowest BCUT2D eigenvalue weighted by molar-refractivity contribution is 0.196. The number of hydrogen-bond acceptors (Lipinski definition) is 3. The van der Waals surface area contributed by atoms with Gasteiger partial charge in [0, 0.05) is 6.04 Å². The smallest absolute Gasteiger partial charge is 0.00914 e. The Balaban J connectivity index is 1.98. The third-order valence-electron chi connectivity index (χ3n) is 3.37. The molecule has 0 radical (unpaired) electrons. The van der Waals surface area contributed by atoms with Crippen molar-refractivity contribution in [2.24, 2.45) is 0 Å². The SMILES string of the molecule is CCCCN1CCC(NCCCSC)CC1. The lowest BCUT2D eigenvalue weighted by Gasteiger charge is -2.32. The van der Waals surface area contributed by atoms with E-state index in [0.29, 0.717) is 0 Å². The van der Waals surface area contributed by atoms with Gasteiger partial charge in [-0.1, -0.05) is 13.3 Å². The molecule has 3 heteroatoms. The maximum absolute atomic E-state index is 3.69. The van der Waals surface area contributed by atoms with Crippen molar-refractivity contribution in [2.45, 2.75) is 45.1 Å². The molecular weight excluding hydrogens is 216 g/mol. The van der Waals surface area contributed by atoms with Crippen LogP contribution in [-0.4, -0.2) is 49.1 Å². The Morgan fingerprint density at radius 3 is 2.62 bits per heavy atom. The van der Waals surface area contributed by atoms with Crippen molar-refractivity contribution in [2.75, 3.05) is 38.2 Å². The second kappa shape index (κ2) is 9.32.